The highest BCUT2D eigenvalue weighted by atomic mass is 16.4. The maximum atomic E-state index is 12.1. The van der Waals surface area contributed by atoms with Crippen molar-refractivity contribution < 1.29 is 9.90 Å². The van der Waals surface area contributed by atoms with Crippen molar-refractivity contribution in [3.05, 3.63) is 12.2 Å². The minimum Gasteiger partial charge on any atom is -0.481 e. The van der Waals surface area contributed by atoms with Crippen LogP contribution in [0.4, 0.5) is 0 Å². The third kappa shape index (κ3) is 1.41. The van der Waals surface area contributed by atoms with Crippen molar-refractivity contribution in [3.8, 4) is 0 Å². The second-order valence-electron chi connectivity index (χ2n) is 11.5. The standard InChI is InChI=1S/C24H34O2/c1-13(21(25)26)23(3)16-8-9-22(23,2)19(12-16)24-17-6-4-14(10-17)20(24)15-5-7-18(24)11-15/h4,6,13-20H,5,7-12H2,1-3H3,(H,25,26). The topological polar surface area (TPSA) is 37.3 Å². The van der Waals surface area contributed by atoms with E-state index in [0.717, 1.165) is 35.5 Å². The lowest BCUT2D eigenvalue weighted by Crippen LogP contribution is -2.53. The van der Waals surface area contributed by atoms with Gasteiger partial charge in [-0.1, -0.05) is 32.9 Å². The zero-order valence-electron chi connectivity index (χ0n) is 16.6. The molecule has 6 aliphatic rings. The molecule has 0 aromatic carbocycles. The number of carbonyl (C=O) groups is 1. The first-order valence-electron chi connectivity index (χ1n) is 11.3. The molecule has 6 bridgehead atoms. The summed E-state index contributed by atoms with van der Waals surface area (Å²) < 4.78 is 0. The molecule has 142 valence electrons. The quantitative estimate of drug-likeness (QED) is 0.545. The van der Waals surface area contributed by atoms with Crippen LogP contribution in [0.2, 0.25) is 0 Å². The predicted octanol–water partition coefficient (Wildman–Crippen LogP) is 5.39. The van der Waals surface area contributed by atoms with Gasteiger partial charge in [0.15, 0.2) is 0 Å². The molecule has 11 unspecified atom stereocenters. The lowest BCUT2D eigenvalue weighted by Gasteiger charge is -2.57. The zero-order valence-corrected chi connectivity index (χ0v) is 16.6. The Morgan fingerprint density at radius 1 is 1.08 bits per heavy atom. The van der Waals surface area contributed by atoms with Gasteiger partial charge in [-0.05, 0) is 103 Å². The van der Waals surface area contributed by atoms with Gasteiger partial charge in [0.2, 0.25) is 0 Å². The third-order valence-electron chi connectivity index (χ3n) is 11.7. The maximum absolute atomic E-state index is 12.1. The van der Waals surface area contributed by atoms with Gasteiger partial charge < -0.3 is 5.11 Å². The van der Waals surface area contributed by atoms with Gasteiger partial charge in [0.05, 0.1) is 5.92 Å². The number of rotatable bonds is 3. The first-order chi connectivity index (χ1) is 12.3. The number of hydrogen-bond donors (Lipinski definition) is 1. The van der Waals surface area contributed by atoms with E-state index >= 15 is 0 Å². The average molecular weight is 355 g/mol. The summed E-state index contributed by atoms with van der Waals surface area (Å²) in [6, 6.07) is 0. The molecule has 0 aromatic heterocycles. The molecule has 0 spiro atoms. The highest BCUT2D eigenvalue weighted by molar-refractivity contribution is 5.71. The van der Waals surface area contributed by atoms with Crippen LogP contribution in [0, 0.1) is 63.6 Å². The molecule has 6 rings (SSSR count). The minimum atomic E-state index is -0.568. The number of carboxylic acids is 1. The second-order valence-corrected chi connectivity index (χ2v) is 11.5. The zero-order chi connectivity index (χ0) is 18.1. The Balaban J connectivity index is 1.49. The van der Waals surface area contributed by atoms with E-state index in [1.54, 1.807) is 0 Å². The van der Waals surface area contributed by atoms with Crippen molar-refractivity contribution in [2.45, 2.75) is 65.7 Å². The van der Waals surface area contributed by atoms with Crippen LogP contribution in [0.5, 0.6) is 0 Å². The molecule has 6 aliphatic carbocycles. The molecule has 2 nitrogen and oxygen atoms in total. The van der Waals surface area contributed by atoms with E-state index in [9.17, 15) is 9.90 Å². The lowest BCUT2D eigenvalue weighted by molar-refractivity contribution is -0.151. The first-order valence-corrected chi connectivity index (χ1v) is 11.3. The molecule has 2 heteroatoms. The number of allylic oxidation sites excluding steroid dienone is 2. The normalized spacial score (nSPS) is 62.2. The largest absolute Gasteiger partial charge is 0.481 e. The van der Waals surface area contributed by atoms with E-state index in [1.807, 2.05) is 6.92 Å². The van der Waals surface area contributed by atoms with Crippen LogP contribution in [0.1, 0.15) is 65.7 Å². The summed E-state index contributed by atoms with van der Waals surface area (Å²) in [4.78, 5) is 12.1. The summed E-state index contributed by atoms with van der Waals surface area (Å²) in [6.45, 7) is 6.90. The molecule has 0 radical (unpaired) electrons. The van der Waals surface area contributed by atoms with Gasteiger partial charge in [0, 0.05) is 0 Å². The Morgan fingerprint density at radius 3 is 2.65 bits per heavy atom. The molecule has 26 heavy (non-hydrogen) atoms. The fourth-order valence-corrected chi connectivity index (χ4v) is 10.7. The van der Waals surface area contributed by atoms with Gasteiger partial charge in [-0.2, -0.15) is 0 Å². The summed E-state index contributed by atoms with van der Waals surface area (Å²) in [5.41, 5.74) is 0.735. The average Bonchev–Trinajstić information content (AvgIpc) is 3.42. The van der Waals surface area contributed by atoms with Crippen LogP contribution in [0.15, 0.2) is 12.2 Å². The highest BCUT2D eigenvalue weighted by Crippen LogP contribution is 2.83. The van der Waals surface area contributed by atoms with Gasteiger partial charge in [0.25, 0.3) is 0 Å². The van der Waals surface area contributed by atoms with Crippen LogP contribution in [-0.4, -0.2) is 11.1 Å². The van der Waals surface area contributed by atoms with Gasteiger partial charge in [0.1, 0.15) is 0 Å². The fraction of sp³-hybridized carbons (Fsp3) is 0.875. The number of fused-ring (bicyclic) bond motifs is 11. The van der Waals surface area contributed by atoms with Gasteiger partial charge in [-0.25, -0.2) is 0 Å². The minimum absolute atomic E-state index is 0.0177. The summed E-state index contributed by atoms with van der Waals surface area (Å²) in [5.74, 6) is 5.10. The van der Waals surface area contributed by atoms with Crippen LogP contribution < -0.4 is 0 Å². The van der Waals surface area contributed by atoms with Crippen molar-refractivity contribution in [1.29, 1.82) is 0 Å². The number of carboxylic acid groups (broad SMARTS) is 1. The van der Waals surface area contributed by atoms with Gasteiger partial charge in [-0.3, -0.25) is 4.79 Å². The highest BCUT2D eigenvalue weighted by Gasteiger charge is 2.77. The molecule has 5 fully saturated rings. The van der Waals surface area contributed by atoms with Crippen molar-refractivity contribution >= 4 is 5.97 Å². The van der Waals surface area contributed by atoms with Crippen molar-refractivity contribution in [2.75, 3.05) is 0 Å². The summed E-state index contributed by atoms with van der Waals surface area (Å²) >= 11 is 0. The van der Waals surface area contributed by atoms with Crippen LogP contribution in [0.25, 0.3) is 0 Å². The molecule has 0 aromatic rings. The molecule has 1 N–H and O–H groups in total. The van der Waals surface area contributed by atoms with E-state index in [-0.39, 0.29) is 16.7 Å². The molecule has 11 atom stereocenters. The Hall–Kier alpha value is -0.790. The predicted molar refractivity (Wildman–Crippen MR) is 101 cm³/mol. The van der Waals surface area contributed by atoms with Crippen molar-refractivity contribution in [2.24, 2.45) is 63.6 Å². The van der Waals surface area contributed by atoms with Crippen molar-refractivity contribution in [1.82, 2.24) is 0 Å². The molecule has 5 saturated carbocycles. The Kier molecular flexibility index (Phi) is 2.87. The monoisotopic (exact) mass is 354 g/mol. The van der Waals surface area contributed by atoms with E-state index in [0.29, 0.717) is 11.3 Å². The van der Waals surface area contributed by atoms with Crippen LogP contribution in [-0.2, 0) is 4.79 Å². The third-order valence-corrected chi connectivity index (χ3v) is 11.7. The molecule has 0 amide bonds. The molecule has 0 heterocycles. The summed E-state index contributed by atoms with van der Waals surface area (Å²) in [7, 11) is 0. The summed E-state index contributed by atoms with van der Waals surface area (Å²) in [5, 5.41) is 9.92. The Morgan fingerprint density at radius 2 is 1.88 bits per heavy atom. The first kappa shape index (κ1) is 16.2. The molecule has 0 aliphatic heterocycles. The lowest BCUT2D eigenvalue weighted by atomic mass is 9.47. The second kappa shape index (κ2) is 4.61. The van der Waals surface area contributed by atoms with Crippen LogP contribution >= 0.6 is 0 Å². The van der Waals surface area contributed by atoms with E-state index in [1.165, 1.54) is 44.9 Å². The molecule has 0 saturated heterocycles. The maximum Gasteiger partial charge on any atom is 0.306 e. The van der Waals surface area contributed by atoms with Crippen molar-refractivity contribution in [3.63, 3.8) is 0 Å². The molecular weight excluding hydrogens is 320 g/mol. The summed E-state index contributed by atoms with van der Waals surface area (Å²) in [6.07, 6.45) is 14.9. The SMILES string of the molecule is CC(C(=O)O)C1(C)C2CCC1(C)C(C13C4C=CC(C4)C1C1CCC3C1)C2. The van der Waals surface area contributed by atoms with E-state index < -0.39 is 5.97 Å². The van der Waals surface area contributed by atoms with E-state index in [2.05, 4.69) is 26.0 Å². The molecular formula is C24H34O2. The van der Waals surface area contributed by atoms with E-state index in [4.69, 9.17) is 0 Å². The smallest absolute Gasteiger partial charge is 0.306 e. The number of aliphatic carboxylic acids is 1. The van der Waals surface area contributed by atoms with Gasteiger partial charge >= 0.3 is 5.97 Å². The fourth-order valence-electron chi connectivity index (χ4n) is 10.7. The number of hydrogen-bond acceptors (Lipinski definition) is 1. The van der Waals surface area contributed by atoms with Gasteiger partial charge in [-0.15, -0.1) is 0 Å². The Bertz CT molecular complexity index is 711. The Labute approximate surface area is 157 Å². The van der Waals surface area contributed by atoms with Crippen LogP contribution in [0.3, 0.4) is 0 Å².